The second-order valence-corrected chi connectivity index (χ2v) is 4.81. The quantitative estimate of drug-likeness (QED) is 0.829. The van der Waals surface area contributed by atoms with E-state index in [1.165, 1.54) is 7.11 Å². The summed E-state index contributed by atoms with van der Waals surface area (Å²) >= 11 is 1.56. The largest absolute Gasteiger partial charge is 0.372 e. The Morgan fingerprint density at radius 3 is 3.00 bits per heavy atom. The van der Waals surface area contributed by atoms with Crippen molar-refractivity contribution in [1.29, 1.82) is 0 Å². The molecule has 1 unspecified atom stereocenters. The Morgan fingerprint density at radius 1 is 1.67 bits per heavy atom. The zero-order chi connectivity index (χ0) is 13.5. The van der Waals surface area contributed by atoms with Gasteiger partial charge < -0.3 is 15.4 Å². The predicted octanol–water partition coefficient (Wildman–Crippen LogP) is 1.05. The summed E-state index contributed by atoms with van der Waals surface area (Å²) in [5.41, 5.74) is 6.39. The minimum absolute atomic E-state index is 0.0294. The van der Waals surface area contributed by atoms with E-state index >= 15 is 0 Å². The van der Waals surface area contributed by atoms with Crippen molar-refractivity contribution in [2.45, 2.75) is 19.6 Å². The zero-order valence-electron chi connectivity index (χ0n) is 10.9. The first kappa shape index (κ1) is 14.7. The van der Waals surface area contributed by atoms with Gasteiger partial charge in [0.2, 0.25) is 0 Å². The molecule has 18 heavy (non-hydrogen) atoms. The summed E-state index contributed by atoms with van der Waals surface area (Å²) in [4.78, 5) is 14.4. The maximum absolute atomic E-state index is 11.8. The first-order chi connectivity index (χ1) is 8.58. The molecule has 0 saturated heterocycles. The summed E-state index contributed by atoms with van der Waals surface area (Å²) in [6.07, 6.45) is -0.412. The van der Waals surface area contributed by atoms with E-state index in [0.717, 1.165) is 10.4 Å². The van der Waals surface area contributed by atoms with Crippen molar-refractivity contribution in [3.05, 3.63) is 21.9 Å². The molecule has 0 aliphatic heterocycles. The van der Waals surface area contributed by atoms with E-state index in [0.29, 0.717) is 13.1 Å². The van der Waals surface area contributed by atoms with E-state index in [2.05, 4.69) is 11.8 Å². The highest BCUT2D eigenvalue weighted by atomic mass is 32.1. The SMILES string of the molecule is COC(C)C(=O)N(C)Cc1csc(C#CCN)c1. The van der Waals surface area contributed by atoms with Crippen LogP contribution in [-0.2, 0) is 16.1 Å². The lowest BCUT2D eigenvalue weighted by Crippen LogP contribution is -2.35. The Hall–Kier alpha value is -1.35. The van der Waals surface area contributed by atoms with Gasteiger partial charge in [-0.25, -0.2) is 0 Å². The molecule has 1 aromatic heterocycles. The van der Waals surface area contributed by atoms with Gasteiger partial charge in [0.05, 0.1) is 11.4 Å². The van der Waals surface area contributed by atoms with Gasteiger partial charge in [-0.05, 0) is 23.9 Å². The Morgan fingerprint density at radius 2 is 2.39 bits per heavy atom. The number of nitrogens with two attached hydrogens (primary N) is 1. The average Bonchev–Trinajstić information content (AvgIpc) is 2.81. The molecule has 1 heterocycles. The fourth-order valence-corrected chi connectivity index (χ4v) is 2.20. The summed E-state index contributed by atoms with van der Waals surface area (Å²) in [5.74, 6) is 5.76. The molecule has 5 heteroatoms. The van der Waals surface area contributed by atoms with Crippen LogP contribution in [0.2, 0.25) is 0 Å². The fourth-order valence-electron chi connectivity index (χ4n) is 1.43. The molecule has 1 amide bonds. The molecule has 0 aliphatic carbocycles. The number of nitrogens with zero attached hydrogens (tertiary/aromatic N) is 1. The van der Waals surface area contributed by atoms with Crippen molar-refractivity contribution in [3.8, 4) is 11.8 Å². The highest BCUT2D eigenvalue weighted by molar-refractivity contribution is 7.10. The van der Waals surface area contributed by atoms with Crippen molar-refractivity contribution in [2.75, 3.05) is 20.7 Å². The van der Waals surface area contributed by atoms with Crippen molar-refractivity contribution >= 4 is 17.2 Å². The molecule has 0 spiro atoms. The third-order valence-electron chi connectivity index (χ3n) is 2.46. The maximum atomic E-state index is 11.8. The molecule has 98 valence electrons. The first-order valence-electron chi connectivity index (χ1n) is 5.62. The van der Waals surface area contributed by atoms with Gasteiger partial charge in [-0.3, -0.25) is 4.79 Å². The number of likely N-dealkylation sites (N-methyl/N-ethyl adjacent to an activating group) is 1. The van der Waals surface area contributed by atoms with Crippen LogP contribution in [0.4, 0.5) is 0 Å². The van der Waals surface area contributed by atoms with Crippen LogP contribution in [-0.4, -0.2) is 37.6 Å². The minimum Gasteiger partial charge on any atom is -0.372 e. The molecule has 4 nitrogen and oxygen atoms in total. The van der Waals surface area contributed by atoms with Crippen LogP contribution >= 0.6 is 11.3 Å². The van der Waals surface area contributed by atoms with Gasteiger partial charge in [0.15, 0.2) is 0 Å². The molecular weight excluding hydrogens is 248 g/mol. The van der Waals surface area contributed by atoms with Gasteiger partial charge in [0, 0.05) is 20.7 Å². The van der Waals surface area contributed by atoms with Gasteiger partial charge in [-0.2, -0.15) is 0 Å². The van der Waals surface area contributed by atoms with Crippen LogP contribution in [0.3, 0.4) is 0 Å². The number of ether oxygens (including phenoxy) is 1. The van der Waals surface area contributed by atoms with Crippen LogP contribution in [0.5, 0.6) is 0 Å². The summed E-state index contributed by atoms with van der Waals surface area (Å²) in [6.45, 7) is 2.66. The molecule has 1 aromatic rings. The Kier molecular flexibility index (Phi) is 5.86. The fraction of sp³-hybridized carbons (Fsp3) is 0.462. The summed E-state index contributed by atoms with van der Waals surface area (Å²) in [7, 11) is 3.29. The summed E-state index contributed by atoms with van der Waals surface area (Å²) in [6, 6.07) is 1.98. The van der Waals surface area contributed by atoms with Crippen molar-refractivity contribution in [3.63, 3.8) is 0 Å². The van der Waals surface area contributed by atoms with E-state index in [1.807, 2.05) is 11.4 Å². The zero-order valence-corrected chi connectivity index (χ0v) is 11.7. The number of amides is 1. The highest BCUT2D eigenvalue weighted by Gasteiger charge is 2.16. The highest BCUT2D eigenvalue weighted by Crippen LogP contribution is 2.15. The van der Waals surface area contributed by atoms with E-state index < -0.39 is 6.10 Å². The van der Waals surface area contributed by atoms with Gasteiger partial charge in [0.1, 0.15) is 6.10 Å². The van der Waals surface area contributed by atoms with Crippen LogP contribution in [0.15, 0.2) is 11.4 Å². The van der Waals surface area contributed by atoms with Gasteiger partial charge in [0.25, 0.3) is 5.91 Å². The second kappa shape index (κ2) is 7.17. The first-order valence-corrected chi connectivity index (χ1v) is 6.50. The number of methoxy groups -OCH3 is 1. The molecular formula is C13H18N2O2S. The predicted molar refractivity (Wildman–Crippen MR) is 73.2 cm³/mol. The number of carbonyl (C=O) groups is 1. The molecule has 1 atom stereocenters. The van der Waals surface area contributed by atoms with E-state index in [1.54, 1.807) is 30.2 Å². The third kappa shape index (κ3) is 4.15. The molecule has 0 radical (unpaired) electrons. The lowest BCUT2D eigenvalue weighted by molar-refractivity contribution is -0.140. The number of hydrogen-bond acceptors (Lipinski definition) is 4. The van der Waals surface area contributed by atoms with Crippen molar-refractivity contribution in [2.24, 2.45) is 5.73 Å². The van der Waals surface area contributed by atoms with E-state index in [9.17, 15) is 4.79 Å². The summed E-state index contributed by atoms with van der Waals surface area (Å²) in [5, 5.41) is 2.00. The van der Waals surface area contributed by atoms with Gasteiger partial charge in [-0.15, -0.1) is 11.3 Å². The van der Waals surface area contributed by atoms with Crippen LogP contribution < -0.4 is 5.73 Å². The smallest absolute Gasteiger partial charge is 0.251 e. The number of thiophene rings is 1. The Balaban J connectivity index is 2.62. The standard InChI is InChI=1S/C13H18N2O2S/c1-10(17-3)13(16)15(2)8-11-7-12(18-9-11)5-4-6-14/h7,9-10H,6,8,14H2,1-3H3. The van der Waals surface area contributed by atoms with E-state index in [4.69, 9.17) is 10.5 Å². The van der Waals surface area contributed by atoms with Crippen LogP contribution in [0, 0.1) is 11.8 Å². The molecule has 0 saturated carbocycles. The van der Waals surface area contributed by atoms with E-state index in [-0.39, 0.29) is 5.91 Å². The van der Waals surface area contributed by atoms with Crippen molar-refractivity contribution in [1.82, 2.24) is 4.90 Å². The average molecular weight is 266 g/mol. The molecule has 2 N–H and O–H groups in total. The minimum atomic E-state index is -0.412. The molecule has 0 aliphatic rings. The molecule has 1 rings (SSSR count). The lowest BCUT2D eigenvalue weighted by Gasteiger charge is -2.19. The number of hydrogen-bond donors (Lipinski definition) is 1. The van der Waals surface area contributed by atoms with Crippen LogP contribution in [0.25, 0.3) is 0 Å². The Labute approximate surface area is 112 Å². The maximum Gasteiger partial charge on any atom is 0.251 e. The molecule has 0 aromatic carbocycles. The van der Waals surface area contributed by atoms with Crippen LogP contribution in [0.1, 0.15) is 17.4 Å². The van der Waals surface area contributed by atoms with Gasteiger partial charge in [-0.1, -0.05) is 11.8 Å². The number of rotatable bonds is 4. The van der Waals surface area contributed by atoms with Crippen molar-refractivity contribution < 1.29 is 9.53 Å². The van der Waals surface area contributed by atoms with Gasteiger partial charge >= 0.3 is 0 Å². The molecule has 0 bridgehead atoms. The lowest BCUT2D eigenvalue weighted by atomic mass is 10.2. The second-order valence-electron chi connectivity index (χ2n) is 3.90. The summed E-state index contributed by atoms with van der Waals surface area (Å²) < 4.78 is 5.00. The monoisotopic (exact) mass is 266 g/mol. The molecule has 0 fully saturated rings. The topological polar surface area (TPSA) is 55.6 Å². The normalized spacial score (nSPS) is 11.6. The Bertz CT molecular complexity index is 459. The third-order valence-corrected chi connectivity index (χ3v) is 3.36. The number of carbonyl (C=O) groups excluding carboxylic acids is 1.